The molecule has 0 bridgehead atoms. The molecule has 0 spiro atoms. The summed E-state index contributed by atoms with van der Waals surface area (Å²) < 4.78 is 11.4. The lowest BCUT2D eigenvalue weighted by Crippen LogP contribution is -2.20. The van der Waals surface area contributed by atoms with Crippen molar-refractivity contribution < 1.29 is 19.1 Å². The van der Waals surface area contributed by atoms with Crippen molar-refractivity contribution >= 4 is 17.6 Å². The molecule has 1 heterocycles. The number of rotatable bonds is 8. The number of nitrogen functional groups attached to an aromatic ring is 1. The van der Waals surface area contributed by atoms with Gasteiger partial charge in [-0.15, -0.1) is 0 Å². The Labute approximate surface area is 117 Å². The van der Waals surface area contributed by atoms with Crippen molar-refractivity contribution in [3.05, 3.63) is 11.4 Å². The Morgan fingerprint density at radius 3 is 2.55 bits per heavy atom. The van der Waals surface area contributed by atoms with Gasteiger partial charge in [-0.25, -0.2) is 4.79 Å². The second kappa shape index (κ2) is 7.49. The van der Waals surface area contributed by atoms with Gasteiger partial charge in [0.2, 0.25) is 0 Å². The number of carbonyl (C=O) groups excluding carboxylic acids is 2. The predicted octanol–water partition coefficient (Wildman–Crippen LogP) is 0.168. The molecule has 8 heteroatoms. The fourth-order valence-corrected chi connectivity index (χ4v) is 1.65. The van der Waals surface area contributed by atoms with E-state index in [0.29, 0.717) is 13.2 Å². The zero-order chi connectivity index (χ0) is 15.1. The third kappa shape index (κ3) is 3.70. The Morgan fingerprint density at radius 1 is 1.30 bits per heavy atom. The van der Waals surface area contributed by atoms with Crippen LogP contribution in [0, 0.1) is 0 Å². The Bertz CT molecular complexity index is 484. The largest absolute Gasteiger partial charge is 0.461 e. The van der Waals surface area contributed by atoms with E-state index in [-0.39, 0.29) is 30.2 Å². The standard InChI is InChI=1S/C12H20N4O4/c1-3-6-19-7-5-16-10(11(14)17)8(13)9(15-16)12(18)20-4-2/h3-7,13H2,1-2H3,(H2,14,17). The smallest absolute Gasteiger partial charge is 0.361 e. The number of ether oxygens (including phenoxy) is 2. The highest BCUT2D eigenvalue weighted by Crippen LogP contribution is 2.18. The van der Waals surface area contributed by atoms with Crippen molar-refractivity contribution in [3.8, 4) is 0 Å². The molecule has 1 aromatic heterocycles. The molecular weight excluding hydrogens is 264 g/mol. The number of carbonyl (C=O) groups is 2. The van der Waals surface area contributed by atoms with Crippen LogP contribution in [-0.2, 0) is 16.0 Å². The van der Waals surface area contributed by atoms with Crippen molar-refractivity contribution in [1.29, 1.82) is 0 Å². The zero-order valence-corrected chi connectivity index (χ0v) is 11.7. The van der Waals surface area contributed by atoms with Gasteiger partial charge in [-0.05, 0) is 13.3 Å². The summed E-state index contributed by atoms with van der Waals surface area (Å²) in [6, 6.07) is 0. The number of nitrogens with zero attached hydrogens (tertiary/aromatic N) is 2. The molecule has 0 radical (unpaired) electrons. The van der Waals surface area contributed by atoms with Crippen LogP contribution in [0.15, 0.2) is 0 Å². The normalized spacial score (nSPS) is 10.5. The first-order valence-electron chi connectivity index (χ1n) is 6.43. The first-order valence-corrected chi connectivity index (χ1v) is 6.43. The molecular formula is C12H20N4O4. The highest BCUT2D eigenvalue weighted by molar-refractivity contribution is 6.03. The molecule has 0 unspecified atom stereocenters. The maximum atomic E-state index is 11.7. The highest BCUT2D eigenvalue weighted by Gasteiger charge is 2.24. The van der Waals surface area contributed by atoms with Crippen molar-refractivity contribution in [2.45, 2.75) is 26.8 Å². The molecule has 112 valence electrons. The molecule has 0 saturated heterocycles. The SMILES string of the molecule is CCCOCCn1nc(C(=O)OCC)c(N)c1C(N)=O. The Balaban J connectivity index is 2.94. The van der Waals surface area contributed by atoms with Gasteiger partial charge in [-0.2, -0.15) is 5.10 Å². The van der Waals surface area contributed by atoms with Crippen LogP contribution in [0.1, 0.15) is 41.2 Å². The van der Waals surface area contributed by atoms with E-state index in [0.717, 1.165) is 6.42 Å². The van der Waals surface area contributed by atoms with Crippen LogP contribution < -0.4 is 11.5 Å². The molecule has 0 aliphatic rings. The van der Waals surface area contributed by atoms with Gasteiger partial charge in [0, 0.05) is 6.61 Å². The summed E-state index contributed by atoms with van der Waals surface area (Å²) in [7, 11) is 0. The molecule has 0 aliphatic carbocycles. The highest BCUT2D eigenvalue weighted by atomic mass is 16.5. The number of amides is 1. The zero-order valence-electron chi connectivity index (χ0n) is 11.7. The average Bonchev–Trinajstić information content (AvgIpc) is 2.72. The van der Waals surface area contributed by atoms with Gasteiger partial charge >= 0.3 is 5.97 Å². The van der Waals surface area contributed by atoms with Crippen molar-refractivity contribution in [2.75, 3.05) is 25.6 Å². The molecule has 20 heavy (non-hydrogen) atoms. The molecule has 1 aromatic rings. The predicted molar refractivity (Wildman–Crippen MR) is 72.2 cm³/mol. The van der Waals surface area contributed by atoms with E-state index < -0.39 is 11.9 Å². The van der Waals surface area contributed by atoms with E-state index in [9.17, 15) is 9.59 Å². The van der Waals surface area contributed by atoms with Crippen LogP contribution in [0.25, 0.3) is 0 Å². The Hall–Kier alpha value is -2.09. The first-order chi connectivity index (χ1) is 9.52. The van der Waals surface area contributed by atoms with Gasteiger partial charge in [0.15, 0.2) is 5.69 Å². The van der Waals surface area contributed by atoms with Gasteiger partial charge in [0.05, 0.1) is 25.4 Å². The van der Waals surface area contributed by atoms with Crippen LogP contribution in [-0.4, -0.2) is 41.5 Å². The molecule has 1 amide bonds. The van der Waals surface area contributed by atoms with E-state index in [1.165, 1.54) is 4.68 Å². The van der Waals surface area contributed by atoms with Crippen LogP contribution >= 0.6 is 0 Å². The molecule has 0 atom stereocenters. The average molecular weight is 284 g/mol. The van der Waals surface area contributed by atoms with Crippen molar-refractivity contribution in [1.82, 2.24) is 9.78 Å². The second-order valence-corrected chi connectivity index (χ2v) is 4.03. The minimum Gasteiger partial charge on any atom is -0.461 e. The molecule has 0 saturated carbocycles. The van der Waals surface area contributed by atoms with Crippen molar-refractivity contribution in [3.63, 3.8) is 0 Å². The Kier molecular flexibility index (Phi) is 5.98. The molecule has 8 nitrogen and oxygen atoms in total. The third-order valence-corrected chi connectivity index (χ3v) is 2.49. The van der Waals surface area contributed by atoms with Gasteiger partial charge in [-0.1, -0.05) is 6.92 Å². The van der Waals surface area contributed by atoms with E-state index in [1.54, 1.807) is 6.92 Å². The third-order valence-electron chi connectivity index (χ3n) is 2.49. The first kappa shape index (κ1) is 16.0. The fraction of sp³-hybridized carbons (Fsp3) is 0.583. The lowest BCUT2D eigenvalue weighted by Gasteiger charge is -2.05. The summed E-state index contributed by atoms with van der Waals surface area (Å²) in [4.78, 5) is 23.1. The monoisotopic (exact) mass is 284 g/mol. The van der Waals surface area contributed by atoms with Gasteiger partial charge in [0.25, 0.3) is 5.91 Å². The maximum Gasteiger partial charge on any atom is 0.361 e. The summed E-state index contributed by atoms with van der Waals surface area (Å²) >= 11 is 0. The lowest BCUT2D eigenvalue weighted by atomic mass is 10.3. The summed E-state index contributed by atoms with van der Waals surface area (Å²) in [5.41, 5.74) is 10.8. The minimum atomic E-state index is -0.749. The van der Waals surface area contributed by atoms with Crippen LogP contribution in [0.5, 0.6) is 0 Å². The summed E-state index contributed by atoms with van der Waals surface area (Å²) in [6.45, 7) is 5.07. The quantitative estimate of drug-likeness (QED) is 0.518. The lowest BCUT2D eigenvalue weighted by molar-refractivity contribution is 0.0518. The van der Waals surface area contributed by atoms with E-state index >= 15 is 0 Å². The number of nitrogens with two attached hydrogens (primary N) is 2. The van der Waals surface area contributed by atoms with E-state index in [2.05, 4.69) is 5.10 Å². The maximum absolute atomic E-state index is 11.7. The van der Waals surface area contributed by atoms with Crippen LogP contribution in [0.2, 0.25) is 0 Å². The number of primary amides is 1. The Morgan fingerprint density at radius 2 is 2.00 bits per heavy atom. The van der Waals surface area contributed by atoms with Gasteiger partial charge in [-0.3, -0.25) is 9.48 Å². The number of anilines is 1. The number of hydrogen-bond acceptors (Lipinski definition) is 6. The molecule has 4 N–H and O–H groups in total. The topological polar surface area (TPSA) is 122 Å². The van der Waals surface area contributed by atoms with Crippen LogP contribution in [0.3, 0.4) is 0 Å². The van der Waals surface area contributed by atoms with Gasteiger partial charge in [0.1, 0.15) is 5.69 Å². The van der Waals surface area contributed by atoms with Gasteiger partial charge < -0.3 is 20.9 Å². The molecule has 0 aromatic carbocycles. The number of hydrogen-bond donors (Lipinski definition) is 2. The summed E-state index contributed by atoms with van der Waals surface area (Å²) in [6.07, 6.45) is 0.887. The number of aromatic nitrogens is 2. The van der Waals surface area contributed by atoms with E-state index in [4.69, 9.17) is 20.9 Å². The van der Waals surface area contributed by atoms with E-state index in [1.807, 2.05) is 6.92 Å². The van der Waals surface area contributed by atoms with Crippen molar-refractivity contribution in [2.24, 2.45) is 5.73 Å². The molecule has 0 aliphatic heterocycles. The molecule has 1 rings (SSSR count). The minimum absolute atomic E-state index is 0.00634. The second-order valence-electron chi connectivity index (χ2n) is 4.03. The molecule has 0 fully saturated rings. The number of esters is 1. The summed E-state index contributed by atoms with van der Waals surface area (Å²) in [5.74, 6) is -1.43. The van der Waals surface area contributed by atoms with Crippen LogP contribution in [0.4, 0.5) is 5.69 Å². The summed E-state index contributed by atoms with van der Waals surface area (Å²) in [5, 5.41) is 3.98. The fourth-order valence-electron chi connectivity index (χ4n) is 1.65.